The van der Waals surface area contributed by atoms with Crippen LogP contribution in [-0.4, -0.2) is 28.1 Å². The molecule has 4 rings (SSSR count). The molecular formula is C26H17BrF6N4O2S. The number of hydrogen-bond donors (Lipinski definition) is 2. The molecule has 0 spiro atoms. The van der Waals surface area contributed by atoms with E-state index in [4.69, 9.17) is 0 Å². The highest BCUT2D eigenvalue weighted by molar-refractivity contribution is 9.10. The van der Waals surface area contributed by atoms with Crippen molar-refractivity contribution in [1.29, 1.82) is 0 Å². The van der Waals surface area contributed by atoms with Gasteiger partial charge in [-0.1, -0.05) is 69.7 Å². The third kappa shape index (κ3) is 7.45. The first kappa shape index (κ1) is 29.2. The standard InChI is InChI=1S/C26H17BrF6N4O2S/c27-19-8-6-15(7-9-19)23-36-37-24(40-23)35-22(39)20(10-14-4-2-1-3-5-14)34-21(38)16-11-17(25(28,29)30)13-18(12-16)26(31,32)33/h1-9,11-13,20H,10H2,(H,34,38)(H,35,37,39)/t20-/m1/s1. The van der Waals surface area contributed by atoms with Crippen LogP contribution in [0.5, 0.6) is 0 Å². The predicted molar refractivity (Wildman–Crippen MR) is 140 cm³/mol. The maximum absolute atomic E-state index is 13.3. The molecule has 0 bridgehead atoms. The highest BCUT2D eigenvalue weighted by Crippen LogP contribution is 2.36. The highest BCUT2D eigenvalue weighted by atomic mass is 79.9. The first-order valence-electron chi connectivity index (χ1n) is 11.3. The molecule has 1 atom stereocenters. The topological polar surface area (TPSA) is 84.0 Å². The minimum Gasteiger partial charge on any atom is -0.340 e. The van der Waals surface area contributed by atoms with Gasteiger partial charge in [-0.3, -0.25) is 14.9 Å². The van der Waals surface area contributed by atoms with Crippen molar-refractivity contribution < 1.29 is 35.9 Å². The van der Waals surface area contributed by atoms with E-state index in [0.29, 0.717) is 22.7 Å². The van der Waals surface area contributed by atoms with Crippen LogP contribution in [0.1, 0.15) is 27.0 Å². The van der Waals surface area contributed by atoms with Crippen molar-refractivity contribution in [2.45, 2.75) is 24.8 Å². The Bertz CT molecular complexity index is 1480. The fourth-order valence-electron chi connectivity index (χ4n) is 3.56. The van der Waals surface area contributed by atoms with Crippen molar-refractivity contribution in [2.75, 3.05) is 5.32 Å². The van der Waals surface area contributed by atoms with Crippen molar-refractivity contribution in [3.8, 4) is 10.6 Å². The van der Waals surface area contributed by atoms with Gasteiger partial charge >= 0.3 is 12.4 Å². The Hall–Kier alpha value is -3.78. The number of carbonyl (C=O) groups is 2. The molecule has 2 amide bonds. The molecular weight excluding hydrogens is 626 g/mol. The molecule has 0 aliphatic rings. The predicted octanol–water partition coefficient (Wildman–Crippen LogP) is 6.99. The van der Waals surface area contributed by atoms with Gasteiger partial charge in [-0.15, -0.1) is 10.2 Å². The SMILES string of the molecule is O=C(N[C@H](Cc1ccccc1)C(=O)Nc1nnc(-c2ccc(Br)cc2)s1)c1cc(C(F)(F)F)cc(C(F)(F)F)c1. The quantitative estimate of drug-likeness (QED) is 0.213. The average molecular weight is 643 g/mol. The van der Waals surface area contributed by atoms with E-state index in [0.717, 1.165) is 21.4 Å². The lowest BCUT2D eigenvalue weighted by Crippen LogP contribution is -2.45. The number of amides is 2. The summed E-state index contributed by atoms with van der Waals surface area (Å²) >= 11 is 4.36. The van der Waals surface area contributed by atoms with Crippen LogP contribution < -0.4 is 10.6 Å². The van der Waals surface area contributed by atoms with Crippen molar-refractivity contribution >= 4 is 44.2 Å². The number of aromatic nitrogens is 2. The Morgan fingerprint density at radius 2 is 1.45 bits per heavy atom. The van der Waals surface area contributed by atoms with E-state index in [-0.39, 0.29) is 17.6 Å². The molecule has 0 saturated heterocycles. The minimum atomic E-state index is -5.14. The van der Waals surface area contributed by atoms with Gasteiger partial charge in [-0.2, -0.15) is 26.3 Å². The van der Waals surface area contributed by atoms with E-state index in [1.54, 1.807) is 54.6 Å². The molecule has 6 nitrogen and oxygen atoms in total. The van der Waals surface area contributed by atoms with Crippen LogP contribution in [0.4, 0.5) is 31.5 Å². The summed E-state index contributed by atoms with van der Waals surface area (Å²) in [5, 5.41) is 13.3. The van der Waals surface area contributed by atoms with Crippen LogP contribution in [0.25, 0.3) is 10.6 Å². The smallest absolute Gasteiger partial charge is 0.340 e. The van der Waals surface area contributed by atoms with E-state index in [9.17, 15) is 35.9 Å². The summed E-state index contributed by atoms with van der Waals surface area (Å²) in [6, 6.07) is 14.6. The second kappa shape index (κ2) is 11.8. The summed E-state index contributed by atoms with van der Waals surface area (Å²) in [5.74, 6) is -2.08. The van der Waals surface area contributed by atoms with Crippen molar-refractivity contribution in [3.63, 3.8) is 0 Å². The second-order valence-electron chi connectivity index (χ2n) is 8.42. The molecule has 208 valence electrons. The van der Waals surface area contributed by atoms with Crippen LogP contribution >= 0.6 is 27.3 Å². The molecule has 14 heteroatoms. The third-order valence-electron chi connectivity index (χ3n) is 5.50. The summed E-state index contributed by atoms with van der Waals surface area (Å²) in [7, 11) is 0. The molecule has 40 heavy (non-hydrogen) atoms. The lowest BCUT2D eigenvalue weighted by Gasteiger charge is -2.19. The number of halogens is 7. The Balaban J connectivity index is 1.60. The molecule has 0 radical (unpaired) electrons. The van der Waals surface area contributed by atoms with E-state index >= 15 is 0 Å². The molecule has 1 heterocycles. The lowest BCUT2D eigenvalue weighted by atomic mass is 10.0. The van der Waals surface area contributed by atoms with Crippen LogP contribution in [0.3, 0.4) is 0 Å². The molecule has 4 aromatic rings. The van der Waals surface area contributed by atoms with Gasteiger partial charge in [0.2, 0.25) is 11.0 Å². The van der Waals surface area contributed by atoms with Gasteiger partial charge in [0.15, 0.2) is 0 Å². The molecule has 0 saturated carbocycles. The van der Waals surface area contributed by atoms with Gasteiger partial charge in [0, 0.05) is 22.0 Å². The van der Waals surface area contributed by atoms with Crippen molar-refractivity contribution in [3.05, 3.63) is 99.5 Å². The molecule has 0 unspecified atom stereocenters. The fraction of sp³-hybridized carbons (Fsp3) is 0.154. The number of rotatable bonds is 7. The third-order valence-corrected chi connectivity index (χ3v) is 6.92. The molecule has 1 aromatic heterocycles. The van der Waals surface area contributed by atoms with Gasteiger partial charge in [0.25, 0.3) is 5.91 Å². The van der Waals surface area contributed by atoms with Crippen molar-refractivity contribution in [1.82, 2.24) is 15.5 Å². The number of hydrogen-bond acceptors (Lipinski definition) is 5. The van der Waals surface area contributed by atoms with E-state index in [1.807, 2.05) is 0 Å². The van der Waals surface area contributed by atoms with Gasteiger partial charge in [0.1, 0.15) is 11.0 Å². The molecule has 0 aliphatic carbocycles. The summed E-state index contributed by atoms with van der Waals surface area (Å²) in [4.78, 5) is 26.1. The number of carbonyl (C=O) groups excluding carboxylic acids is 2. The van der Waals surface area contributed by atoms with Crippen LogP contribution in [0, 0.1) is 0 Å². The fourth-order valence-corrected chi connectivity index (χ4v) is 4.58. The zero-order valence-corrected chi connectivity index (χ0v) is 22.4. The zero-order chi connectivity index (χ0) is 29.1. The number of nitrogens with zero attached hydrogens (tertiary/aromatic N) is 2. The van der Waals surface area contributed by atoms with Gasteiger partial charge < -0.3 is 5.32 Å². The van der Waals surface area contributed by atoms with Gasteiger partial charge in [0.05, 0.1) is 11.1 Å². The van der Waals surface area contributed by atoms with E-state index in [1.165, 1.54) is 0 Å². The Kier molecular flexibility index (Phi) is 8.59. The maximum Gasteiger partial charge on any atom is 0.416 e. The molecule has 3 aromatic carbocycles. The van der Waals surface area contributed by atoms with Gasteiger partial charge in [-0.25, -0.2) is 0 Å². The number of anilines is 1. The number of benzene rings is 3. The summed E-state index contributed by atoms with van der Waals surface area (Å²) in [6.07, 6.45) is -10.4. The highest BCUT2D eigenvalue weighted by Gasteiger charge is 2.38. The first-order valence-corrected chi connectivity index (χ1v) is 12.9. The maximum atomic E-state index is 13.3. The molecule has 2 N–H and O–H groups in total. The van der Waals surface area contributed by atoms with E-state index in [2.05, 4.69) is 36.8 Å². The Morgan fingerprint density at radius 1 is 0.850 bits per heavy atom. The normalized spacial score (nSPS) is 12.6. The summed E-state index contributed by atoms with van der Waals surface area (Å²) < 4.78 is 80.6. The first-order chi connectivity index (χ1) is 18.8. The van der Waals surface area contributed by atoms with E-state index < -0.39 is 46.9 Å². The number of alkyl halides is 6. The minimum absolute atomic E-state index is 0.0775. The average Bonchev–Trinajstić information content (AvgIpc) is 3.36. The molecule has 0 fully saturated rings. The summed E-state index contributed by atoms with van der Waals surface area (Å²) in [5.41, 5.74) is -2.89. The second-order valence-corrected chi connectivity index (χ2v) is 10.3. The monoisotopic (exact) mass is 642 g/mol. The van der Waals surface area contributed by atoms with Crippen LogP contribution in [0.2, 0.25) is 0 Å². The lowest BCUT2D eigenvalue weighted by molar-refractivity contribution is -0.143. The number of nitrogens with one attached hydrogen (secondary N) is 2. The summed E-state index contributed by atoms with van der Waals surface area (Å²) in [6.45, 7) is 0. The Labute approximate surface area is 235 Å². The van der Waals surface area contributed by atoms with Crippen LogP contribution in [-0.2, 0) is 23.6 Å². The molecule has 0 aliphatic heterocycles. The van der Waals surface area contributed by atoms with Crippen LogP contribution in [0.15, 0.2) is 77.3 Å². The van der Waals surface area contributed by atoms with Crippen molar-refractivity contribution in [2.24, 2.45) is 0 Å². The Morgan fingerprint density at radius 3 is 2.02 bits per heavy atom. The van der Waals surface area contributed by atoms with Gasteiger partial charge in [-0.05, 0) is 35.9 Å². The zero-order valence-electron chi connectivity index (χ0n) is 20.0. The largest absolute Gasteiger partial charge is 0.416 e.